The lowest BCUT2D eigenvalue weighted by atomic mass is 10.1. The minimum atomic E-state index is -0.744. The van der Waals surface area contributed by atoms with E-state index in [1.54, 1.807) is 0 Å². The van der Waals surface area contributed by atoms with Crippen LogP contribution in [0.25, 0.3) is 0 Å². The number of hydrogen-bond donors (Lipinski definition) is 0. The van der Waals surface area contributed by atoms with Gasteiger partial charge in [-0.1, -0.05) is 56.5 Å². The van der Waals surface area contributed by atoms with E-state index in [1.165, 1.54) is 55.5 Å². The van der Waals surface area contributed by atoms with Gasteiger partial charge in [-0.05, 0) is 12.8 Å². The van der Waals surface area contributed by atoms with Crippen LogP contribution in [0.15, 0.2) is 0 Å². The molecule has 1 aliphatic heterocycles. The van der Waals surface area contributed by atoms with Crippen molar-refractivity contribution in [3.05, 3.63) is 0 Å². The normalized spacial score (nSPS) is 22.7. The molecular formula is C12H25AlO. The standard InChI is InChI=1S/C8H16O.C4H9.Al/c1-3-5-7-8(9)6-4-2;1-3-4-2;/h8H,2-7H2,1H3;1,3-4H2,2H3;/q-1;;+1. The van der Waals surface area contributed by atoms with Crippen LogP contribution >= 0.6 is 0 Å². The van der Waals surface area contributed by atoms with E-state index in [-0.39, 0.29) is 0 Å². The maximum Gasteiger partial charge on any atom is 0.460 e. The Labute approximate surface area is 93.9 Å². The van der Waals surface area contributed by atoms with Crippen molar-refractivity contribution in [2.45, 2.75) is 75.5 Å². The average Bonchev–Trinajstić information content (AvgIpc) is 2.24. The summed E-state index contributed by atoms with van der Waals surface area (Å²) in [5.41, 5.74) is 0. The molecule has 1 atom stereocenters. The zero-order valence-corrected chi connectivity index (χ0v) is 11.1. The minimum absolute atomic E-state index is 0.650. The molecule has 0 aromatic carbocycles. The Morgan fingerprint density at radius 2 is 2.00 bits per heavy atom. The maximum atomic E-state index is 6.23. The molecule has 0 aliphatic carbocycles. The van der Waals surface area contributed by atoms with Crippen molar-refractivity contribution >= 4 is 14.5 Å². The highest BCUT2D eigenvalue weighted by molar-refractivity contribution is 6.52. The van der Waals surface area contributed by atoms with Crippen LogP contribution in [0, 0.1) is 0 Å². The second kappa shape index (κ2) is 7.74. The van der Waals surface area contributed by atoms with E-state index < -0.39 is 14.5 Å². The molecule has 0 aromatic heterocycles. The Balaban J connectivity index is 2.14. The van der Waals surface area contributed by atoms with Crippen molar-refractivity contribution in [2.75, 3.05) is 0 Å². The quantitative estimate of drug-likeness (QED) is 0.601. The van der Waals surface area contributed by atoms with E-state index in [0.29, 0.717) is 6.10 Å². The van der Waals surface area contributed by atoms with E-state index >= 15 is 0 Å². The van der Waals surface area contributed by atoms with Crippen LogP contribution in [0.1, 0.15) is 58.8 Å². The second-order valence-electron chi connectivity index (χ2n) is 4.60. The van der Waals surface area contributed by atoms with Crippen LogP contribution in [-0.4, -0.2) is 20.6 Å². The first-order valence-electron chi connectivity index (χ1n) is 6.52. The largest absolute Gasteiger partial charge is 0.498 e. The summed E-state index contributed by atoms with van der Waals surface area (Å²) in [5.74, 6) is 0. The van der Waals surface area contributed by atoms with Crippen molar-refractivity contribution in [3.63, 3.8) is 0 Å². The van der Waals surface area contributed by atoms with E-state index in [9.17, 15) is 0 Å². The van der Waals surface area contributed by atoms with Gasteiger partial charge in [0.1, 0.15) is 0 Å². The van der Waals surface area contributed by atoms with E-state index in [1.807, 2.05) is 0 Å². The zero-order valence-electron chi connectivity index (χ0n) is 9.93. The Bertz CT molecular complexity index is 124. The fourth-order valence-corrected chi connectivity index (χ4v) is 5.20. The summed E-state index contributed by atoms with van der Waals surface area (Å²) < 4.78 is 6.23. The highest BCUT2D eigenvalue weighted by atomic mass is 27.2. The number of rotatable bonds is 6. The summed E-state index contributed by atoms with van der Waals surface area (Å²) in [6, 6.07) is 0. The third kappa shape index (κ3) is 4.82. The third-order valence-electron chi connectivity index (χ3n) is 3.20. The Hall–Kier alpha value is 0.492. The fourth-order valence-electron chi connectivity index (χ4n) is 2.27. The van der Waals surface area contributed by atoms with Gasteiger partial charge in [-0.15, -0.1) is 0 Å². The van der Waals surface area contributed by atoms with Crippen LogP contribution in [0.2, 0.25) is 10.6 Å². The summed E-state index contributed by atoms with van der Waals surface area (Å²) >= 11 is -0.744. The van der Waals surface area contributed by atoms with Gasteiger partial charge in [0.05, 0.1) is 0 Å². The molecule has 1 unspecified atom stereocenters. The molecule has 0 aromatic rings. The molecule has 2 heteroatoms. The molecule has 1 aliphatic rings. The molecule has 14 heavy (non-hydrogen) atoms. The molecule has 0 spiro atoms. The maximum absolute atomic E-state index is 6.23. The predicted octanol–water partition coefficient (Wildman–Crippen LogP) is 4.15. The lowest BCUT2D eigenvalue weighted by molar-refractivity contribution is 0.157. The number of unbranched alkanes of at least 4 members (excludes halogenated alkanes) is 2. The van der Waals surface area contributed by atoms with Gasteiger partial charge < -0.3 is 3.79 Å². The molecular weight excluding hydrogens is 187 g/mol. The summed E-state index contributed by atoms with van der Waals surface area (Å²) in [5, 5.41) is 2.88. The van der Waals surface area contributed by atoms with E-state index in [2.05, 4.69) is 13.8 Å². The lowest BCUT2D eigenvalue weighted by Crippen LogP contribution is -2.30. The highest BCUT2D eigenvalue weighted by Gasteiger charge is 2.27. The van der Waals surface area contributed by atoms with Gasteiger partial charge in [-0.3, -0.25) is 0 Å². The first kappa shape index (κ1) is 12.6. The molecule has 0 radical (unpaired) electrons. The summed E-state index contributed by atoms with van der Waals surface area (Å²) in [4.78, 5) is 0. The monoisotopic (exact) mass is 212 g/mol. The van der Waals surface area contributed by atoms with Crippen LogP contribution in [0.4, 0.5) is 0 Å². The van der Waals surface area contributed by atoms with Crippen LogP contribution < -0.4 is 0 Å². The SMILES string of the molecule is CCCCC1CC[CH2][Al]([CH2]CCC)[O]1. The van der Waals surface area contributed by atoms with Gasteiger partial charge in [0.15, 0.2) is 0 Å². The molecule has 0 bridgehead atoms. The van der Waals surface area contributed by atoms with Crippen molar-refractivity contribution in [1.82, 2.24) is 0 Å². The Kier molecular flexibility index (Phi) is 6.95. The second-order valence-corrected chi connectivity index (χ2v) is 7.27. The van der Waals surface area contributed by atoms with Gasteiger partial charge in [0, 0.05) is 6.10 Å². The molecule has 1 saturated heterocycles. The van der Waals surface area contributed by atoms with Crippen molar-refractivity contribution in [1.29, 1.82) is 0 Å². The topological polar surface area (TPSA) is 9.23 Å². The molecule has 0 amide bonds. The predicted molar refractivity (Wildman–Crippen MR) is 63.9 cm³/mol. The first-order valence-corrected chi connectivity index (χ1v) is 8.62. The van der Waals surface area contributed by atoms with Gasteiger partial charge >= 0.3 is 14.5 Å². The van der Waals surface area contributed by atoms with Crippen molar-refractivity contribution < 1.29 is 3.79 Å². The Morgan fingerprint density at radius 1 is 1.21 bits per heavy atom. The van der Waals surface area contributed by atoms with Gasteiger partial charge in [0.2, 0.25) is 0 Å². The van der Waals surface area contributed by atoms with E-state index in [0.717, 1.165) is 0 Å². The highest BCUT2D eigenvalue weighted by Crippen LogP contribution is 2.24. The van der Waals surface area contributed by atoms with Crippen LogP contribution in [-0.2, 0) is 3.79 Å². The molecule has 1 fully saturated rings. The van der Waals surface area contributed by atoms with Crippen molar-refractivity contribution in [2.24, 2.45) is 0 Å². The molecule has 0 N–H and O–H groups in total. The zero-order chi connectivity index (χ0) is 10.2. The van der Waals surface area contributed by atoms with Gasteiger partial charge in [-0.2, -0.15) is 0 Å². The Morgan fingerprint density at radius 3 is 2.71 bits per heavy atom. The van der Waals surface area contributed by atoms with Crippen LogP contribution in [0.5, 0.6) is 0 Å². The first-order chi connectivity index (χ1) is 6.86. The molecule has 1 heterocycles. The minimum Gasteiger partial charge on any atom is -0.498 e. The fraction of sp³-hybridized carbons (Fsp3) is 1.00. The molecule has 1 nitrogen and oxygen atoms in total. The van der Waals surface area contributed by atoms with E-state index in [4.69, 9.17) is 3.79 Å². The van der Waals surface area contributed by atoms with Gasteiger partial charge in [-0.25, -0.2) is 0 Å². The molecule has 0 saturated carbocycles. The van der Waals surface area contributed by atoms with Crippen molar-refractivity contribution in [3.8, 4) is 0 Å². The lowest BCUT2D eigenvalue weighted by Gasteiger charge is -2.28. The third-order valence-corrected chi connectivity index (χ3v) is 6.07. The summed E-state index contributed by atoms with van der Waals surface area (Å²) in [6.45, 7) is 4.56. The molecule has 1 rings (SSSR count). The average molecular weight is 212 g/mol. The van der Waals surface area contributed by atoms with Gasteiger partial charge in [0.25, 0.3) is 0 Å². The summed E-state index contributed by atoms with van der Waals surface area (Å²) in [7, 11) is 0. The number of hydrogen-bond acceptors (Lipinski definition) is 1. The smallest absolute Gasteiger partial charge is 0.460 e. The molecule has 82 valence electrons. The summed E-state index contributed by atoms with van der Waals surface area (Å²) in [6.07, 6.45) is 10.2. The van der Waals surface area contributed by atoms with Crippen LogP contribution in [0.3, 0.4) is 0 Å².